The average Bonchev–Trinajstić information content (AvgIpc) is 2.69. The molecule has 1 aromatic carbocycles. The van der Waals surface area contributed by atoms with E-state index in [1.807, 2.05) is 13.8 Å². The summed E-state index contributed by atoms with van der Waals surface area (Å²) in [6.07, 6.45) is -1.98. The number of amides is 1. The van der Waals surface area contributed by atoms with E-state index in [0.717, 1.165) is 12.1 Å². The van der Waals surface area contributed by atoms with E-state index in [0.29, 0.717) is 29.8 Å². The molecular formula is C20H23F3N4O3. The van der Waals surface area contributed by atoms with Gasteiger partial charge in [0.2, 0.25) is 5.91 Å². The number of aromatic nitrogens is 1. The molecule has 0 unspecified atom stereocenters. The highest BCUT2D eigenvalue weighted by atomic mass is 19.4. The van der Waals surface area contributed by atoms with Crippen LogP contribution in [0, 0.1) is 11.3 Å². The van der Waals surface area contributed by atoms with Crippen molar-refractivity contribution in [3.63, 3.8) is 0 Å². The van der Waals surface area contributed by atoms with E-state index in [4.69, 9.17) is 10.5 Å². The van der Waals surface area contributed by atoms with Crippen molar-refractivity contribution in [2.75, 3.05) is 17.2 Å². The lowest BCUT2D eigenvalue weighted by atomic mass is 9.91. The van der Waals surface area contributed by atoms with Gasteiger partial charge in [-0.25, -0.2) is 4.98 Å². The number of aliphatic hydroxyl groups is 1. The predicted molar refractivity (Wildman–Crippen MR) is 107 cm³/mol. The number of ether oxygens (including phenoxy) is 1. The number of nitrogens with one attached hydrogen (secondary N) is 3. The SMILES string of the molecule is CCC(CC)C(=N)c1c(NC(=O)CO)ccnc1Nc1ccc(OC(F)(F)F)cc1. The quantitative estimate of drug-likeness (QED) is 0.445. The molecule has 1 amide bonds. The first-order chi connectivity index (χ1) is 14.2. The van der Waals surface area contributed by atoms with Crippen LogP contribution in [0.2, 0.25) is 0 Å². The third kappa shape index (κ3) is 6.18. The number of benzene rings is 1. The Morgan fingerprint density at radius 1 is 1.20 bits per heavy atom. The topological polar surface area (TPSA) is 107 Å². The molecule has 4 N–H and O–H groups in total. The number of hydrogen-bond acceptors (Lipinski definition) is 6. The molecule has 162 valence electrons. The second kappa shape index (κ2) is 10.1. The molecule has 1 heterocycles. The van der Waals surface area contributed by atoms with Crippen molar-refractivity contribution in [2.24, 2.45) is 5.92 Å². The first-order valence-corrected chi connectivity index (χ1v) is 9.29. The highest BCUT2D eigenvalue weighted by Gasteiger charge is 2.31. The van der Waals surface area contributed by atoms with Crippen LogP contribution in [0.25, 0.3) is 0 Å². The van der Waals surface area contributed by atoms with E-state index < -0.39 is 18.9 Å². The van der Waals surface area contributed by atoms with Crippen LogP contribution in [0.4, 0.5) is 30.4 Å². The minimum absolute atomic E-state index is 0.0953. The van der Waals surface area contributed by atoms with Crippen molar-refractivity contribution in [2.45, 2.75) is 33.1 Å². The molecule has 0 saturated carbocycles. The number of hydrogen-bond donors (Lipinski definition) is 4. The number of carbonyl (C=O) groups excluding carboxylic acids is 1. The molecule has 0 aliphatic carbocycles. The normalized spacial score (nSPS) is 11.3. The van der Waals surface area contributed by atoms with Gasteiger partial charge in [-0.05, 0) is 43.2 Å². The molecule has 0 saturated heterocycles. The van der Waals surface area contributed by atoms with Gasteiger partial charge in [-0.15, -0.1) is 13.2 Å². The number of halogens is 3. The third-order valence-corrected chi connectivity index (χ3v) is 4.38. The summed E-state index contributed by atoms with van der Waals surface area (Å²) in [6.45, 7) is 3.17. The van der Waals surface area contributed by atoms with Crippen LogP contribution < -0.4 is 15.4 Å². The summed E-state index contributed by atoms with van der Waals surface area (Å²) < 4.78 is 40.8. The fourth-order valence-electron chi connectivity index (χ4n) is 2.90. The molecule has 0 aliphatic heterocycles. The number of aliphatic hydroxyl groups excluding tert-OH is 1. The number of pyridine rings is 1. The van der Waals surface area contributed by atoms with Crippen LogP contribution in [-0.4, -0.2) is 34.7 Å². The standard InChI is InChI=1S/C20H23F3N4O3/c1-3-12(4-2)18(24)17-15(27-16(29)11-28)9-10-25-19(17)26-13-5-7-14(8-6-13)30-20(21,22)23/h5-10,12,24,28H,3-4,11H2,1-2H3,(H2,25,26,27,29). The van der Waals surface area contributed by atoms with Crippen LogP contribution in [0.1, 0.15) is 32.3 Å². The number of nitrogens with zero attached hydrogens (tertiary/aromatic N) is 1. The Hall–Kier alpha value is -3.14. The maximum atomic E-state index is 12.3. The monoisotopic (exact) mass is 424 g/mol. The van der Waals surface area contributed by atoms with Crippen molar-refractivity contribution in [1.82, 2.24) is 4.98 Å². The summed E-state index contributed by atoms with van der Waals surface area (Å²) in [5.41, 5.74) is 1.33. The number of rotatable bonds is 9. The van der Waals surface area contributed by atoms with E-state index in [-0.39, 0.29) is 23.2 Å². The lowest BCUT2D eigenvalue weighted by molar-refractivity contribution is -0.274. The first-order valence-electron chi connectivity index (χ1n) is 9.29. The summed E-state index contributed by atoms with van der Waals surface area (Å²) in [5, 5.41) is 23.2. The fourth-order valence-corrected chi connectivity index (χ4v) is 2.90. The summed E-state index contributed by atoms with van der Waals surface area (Å²) in [7, 11) is 0. The number of anilines is 3. The van der Waals surface area contributed by atoms with Gasteiger partial charge in [0.25, 0.3) is 0 Å². The maximum absolute atomic E-state index is 12.3. The highest BCUT2D eigenvalue weighted by molar-refractivity contribution is 6.11. The molecule has 0 radical (unpaired) electrons. The molecule has 0 bridgehead atoms. The zero-order valence-corrected chi connectivity index (χ0v) is 16.5. The number of alkyl halides is 3. The molecular weight excluding hydrogens is 401 g/mol. The van der Waals surface area contributed by atoms with Gasteiger partial charge in [-0.2, -0.15) is 0 Å². The molecule has 10 heteroatoms. The molecule has 2 rings (SSSR count). The lowest BCUT2D eigenvalue weighted by Crippen LogP contribution is -2.22. The van der Waals surface area contributed by atoms with Crippen LogP contribution in [0.5, 0.6) is 5.75 Å². The van der Waals surface area contributed by atoms with Gasteiger partial charge in [0.15, 0.2) is 0 Å². The van der Waals surface area contributed by atoms with Gasteiger partial charge in [-0.1, -0.05) is 13.8 Å². The Morgan fingerprint density at radius 2 is 1.83 bits per heavy atom. The lowest BCUT2D eigenvalue weighted by Gasteiger charge is -2.21. The smallest absolute Gasteiger partial charge is 0.406 e. The molecule has 30 heavy (non-hydrogen) atoms. The van der Waals surface area contributed by atoms with Gasteiger partial charge in [0.05, 0.1) is 11.3 Å². The van der Waals surface area contributed by atoms with Gasteiger partial charge < -0.3 is 25.9 Å². The van der Waals surface area contributed by atoms with Crippen molar-refractivity contribution in [1.29, 1.82) is 5.41 Å². The summed E-state index contributed by atoms with van der Waals surface area (Å²) in [5.74, 6) is -0.844. The van der Waals surface area contributed by atoms with Gasteiger partial charge in [0, 0.05) is 23.5 Å². The van der Waals surface area contributed by atoms with Gasteiger partial charge >= 0.3 is 6.36 Å². The summed E-state index contributed by atoms with van der Waals surface area (Å²) in [6, 6.07) is 6.59. The molecule has 1 aromatic heterocycles. The Bertz CT molecular complexity index is 882. The summed E-state index contributed by atoms with van der Waals surface area (Å²) >= 11 is 0. The Kier molecular flexibility index (Phi) is 7.76. The molecule has 7 nitrogen and oxygen atoms in total. The zero-order valence-electron chi connectivity index (χ0n) is 16.5. The number of carbonyl (C=O) groups is 1. The Morgan fingerprint density at radius 3 is 2.37 bits per heavy atom. The van der Waals surface area contributed by atoms with E-state index in [1.165, 1.54) is 24.4 Å². The van der Waals surface area contributed by atoms with E-state index in [1.54, 1.807) is 0 Å². The second-order valence-corrected chi connectivity index (χ2v) is 6.41. The van der Waals surface area contributed by atoms with Crippen molar-refractivity contribution >= 4 is 28.8 Å². The molecule has 0 atom stereocenters. The van der Waals surface area contributed by atoms with Crippen molar-refractivity contribution < 1.29 is 27.8 Å². The summed E-state index contributed by atoms with van der Waals surface area (Å²) in [4.78, 5) is 16.0. The second-order valence-electron chi connectivity index (χ2n) is 6.41. The largest absolute Gasteiger partial charge is 0.573 e. The van der Waals surface area contributed by atoms with E-state index in [9.17, 15) is 18.0 Å². The van der Waals surface area contributed by atoms with Crippen LogP contribution in [0.15, 0.2) is 36.5 Å². The van der Waals surface area contributed by atoms with Crippen LogP contribution in [0.3, 0.4) is 0 Å². The molecule has 0 aliphatic rings. The Balaban J connectivity index is 2.40. The minimum Gasteiger partial charge on any atom is -0.406 e. The minimum atomic E-state index is -4.78. The first kappa shape index (κ1) is 23.1. The van der Waals surface area contributed by atoms with Crippen molar-refractivity contribution in [3.8, 4) is 5.75 Å². The highest BCUT2D eigenvalue weighted by Crippen LogP contribution is 2.31. The average molecular weight is 424 g/mol. The maximum Gasteiger partial charge on any atom is 0.573 e. The van der Waals surface area contributed by atoms with E-state index >= 15 is 0 Å². The van der Waals surface area contributed by atoms with Gasteiger partial charge in [-0.3, -0.25) is 4.79 Å². The van der Waals surface area contributed by atoms with Crippen molar-refractivity contribution in [3.05, 3.63) is 42.1 Å². The zero-order chi connectivity index (χ0) is 22.3. The van der Waals surface area contributed by atoms with Crippen LogP contribution >= 0.6 is 0 Å². The Labute approximate surface area is 171 Å². The predicted octanol–water partition coefficient (Wildman–Crippen LogP) is 4.46. The molecule has 0 spiro atoms. The fraction of sp³-hybridized carbons (Fsp3) is 0.350. The van der Waals surface area contributed by atoms with Crippen LogP contribution in [-0.2, 0) is 4.79 Å². The van der Waals surface area contributed by atoms with Gasteiger partial charge in [0.1, 0.15) is 18.2 Å². The van der Waals surface area contributed by atoms with E-state index in [2.05, 4.69) is 20.4 Å². The third-order valence-electron chi connectivity index (χ3n) is 4.38. The molecule has 2 aromatic rings. The molecule has 0 fully saturated rings.